The van der Waals surface area contributed by atoms with Crippen LogP contribution in [-0.2, 0) is 4.74 Å². The number of hydrogen-bond donors (Lipinski definition) is 0. The smallest absolute Gasteiger partial charge is 0.434 e. The maximum Gasteiger partial charge on any atom is 0.434 e. The van der Waals surface area contributed by atoms with Crippen LogP contribution in [0.5, 0.6) is 11.5 Å². The second-order valence-electron chi connectivity index (χ2n) is 10.5. The summed E-state index contributed by atoms with van der Waals surface area (Å²) in [5.41, 5.74) is 3.80. The average molecular weight is 597 g/mol. The fourth-order valence-corrected chi connectivity index (χ4v) is 11.0. The molecule has 0 aliphatic carbocycles. The van der Waals surface area contributed by atoms with Gasteiger partial charge in [-0.2, -0.15) is 9.98 Å². The molecule has 0 radical (unpaired) electrons. The highest BCUT2D eigenvalue weighted by Gasteiger charge is 2.47. The number of nitrogens with zero attached hydrogens (tertiary/aromatic N) is 4. The Bertz CT molecular complexity index is 1380. The minimum absolute atomic E-state index is 0.369. The maximum atomic E-state index is 12.2. The molecular weight excluding hydrogens is 557 g/mol. The second kappa shape index (κ2) is 14.0. The van der Waals surface area contributed by atoms with Crippen LogP contribution in [0.1, 0.15) is 53.0 Å². The van der Waals surface area contributed by atoms with Crippen LogP contribution < -0.4 is 9.16 Å². The van der Waals surface area contributed by atoms with Crippen molar-refractivity contribution in [3.8, 4) is 22.9 Å². The van der Waals surface area contributed by atoms with E-state index in [4.69, 9.17) is 23.4 Å². The fourth-order valence-electron chi connectivity index (χ4n) is 5.24. The van der Waals surface area contributed by atoms with Crippen molar-refractivity contribution >= 4 is 42.6 Å². The molecule has 2 aromatic carbocycles. The molecule has 0 N–H and O–H groups in total. The van der Waals surface area contributed by atoms with Gasteiger partial charge in [0.2, 0.25) is 11.7 Å². The van der Waals surface area contributed by atoms with Gasteiger partial charge >= 0.3 is 6.09 Å². The van der Waals surface area contributed by atoms with Gasteiger partial charge < -0.3 is 18.4 Å². The lowest BCUT2D eigenvalue weighted by atomic mass is 10.1. The topological polar surface area (TPSA) is 108 Å². The predicted molar refractivity (Wildman–Crippen MR) is 169 cm³/mol. The number of methoxy groups -OCH3 is 2. The van der Waals surface area contributed by atoms with Gasteiger partial charge in [0.15, 0.2) is 5.75 Å². The summed E-state index contributed by atoms with van der Waals surface area (Å²) in [6.45, 7) is 15.2. The van der Waals surface area contributed by atoms with Gasteiger partial charge in [-0.1, -0.05) is 46.7 Å². The molecule has 41 heavy (non-hydrogen) atoms. The summed E-state index contributed by atoms with van der Waals surface area (Å²) in [4.78, 5) is 25.6. The first-order valence-corrected chi connectivity index (χ1v) is 16.9. The summed E-state index contributed by atoms with van der Waals surface area (Å²) < 4.78 is 22.7. The summed E-state index contributed by atoms with van der Waals surface area (Å²) in [5.74, 6) is 2.29. The van der Waals surface area contributed by atoms with Crippen molar-refractivity contribution in [1.29, 1.82) is 0 Å². The minimum atomic E-state index is -2.30. The molecule has 0 fully saturated rings. The zero-order valence-electron chi connectivity index (χ0n) is 25.5. The van der Waals surface area contributed by atoms with E-state index in [0.29, 0.717) is 56.3 Å². The van der Waals surface area contributed by atoms with Gasteiger partial charge in [-0.05, 0) is 65.3 Å². The van der Waals surface area contributed by atoms with Crippen molar-refractivity contribution in [1.82, 2.24) is 10.1 Å². The molecule has 0 unspecified atom stereocenters. The van der Waals surface area contributed by atoms with Crippen LogP contribution in [0.15, 0.2) is 57.0 Å². The number of aryl methyl sites for hydroxylation is 1. The first kappa shape index (κ1) is 32.1. The Labute approximate surface area is 247 Å². The first-order valence-electron chi connectivity index (χ1n) is 13.5. The van der Waals surface area contributed by atoms with Crippen molar-refractivity contribution < 1.29 is 23.2 Å². The molecule has 3 rings (SSSR count). The molecule has 0 aliphatic rings. The molecule has 0 saturated carbocycles. The van der Waals surface area contributed by atoms with Gasteiger partial charge in [0, 0.05) is 18.1 Å². The van der Waals surface area contributed by atoms with E-state index in [1.165, 1.54) is 18.9 Å². The third-order valence-electron chi connectivity index (χ3n) is 7.09. The number of benzene rings is 2. The number of amides is 1. The van der Waals surface area contributed by atoms with Crippen molar-refractivity contribution in [2.75, 3.05) is 20.5 Å². The number of hydrogen-bond acceptors (Lipinski definition) is 9. The van der Waals surface area contributed by atoms with E-state index in [-0.39, 0.29) is 0 Å². The fraction of sp³-hybridized carbons (Fsp3) is 0.433. The Morgan fingerprint density at radius 3 is 2.07 bits per heavy atom. The Hall–Kier alpha value is -3.44. The number of rotatable bonds is 10. The molecule has 3 aromatic rings. The van der Waals surface area contributed by atoms with E-state index in [9.17, 15) is 4.79 Å². The molecule has 220 valence electrons. The van der Waals surface area contributed by atoms with Crippen molar-refractivity contribution in [3.05, 3.63) is 53.9 Å². The summed E-state index contributed by atoms with van der Waals surface area (Å²) >= 11 is 1.30. The van der Waals surface area contributed by atoms with E-state index >= 15 is 0 Å². The van der Waals surface area contributed by atoms with E-state index in [2.05, 4.69) is 56.7 Å². The van der Waals surface area contributed by atoms with Crippen molar-refractivity contribution in [3.63, 3.8) is 0 Å². The molecule has 0 atom stereocenters. The zero-order chi connectivity index (χ0) is 30.3. The molecule has 1 heterocycles. The number of aromatic nitrogens is 2. The lowest BCUT2D eigenvalue weighted by Crippen LogP contribution is -2.50. The minimum Gasteiger partial charge on any atom is -0.540 e. The number of carbonyl (C=O) groups excluding carboxylic acids is 1. The summed E-state index contributed by atoms with van der Waals surface area (Å²) in [7, 11) is 0.635. The first-order chi connectivity index (χ1) is 19.5. The number of ether oxygens (including phenoxy) is 2. The lowest BCUT2D eigenvalue weighted by molar-refractivity contribution is 0.183. The predicted octanol–water partition coefficient (Wildman–Crippen LogP) is 8.26. The van der Waals surface area contributed by atoms with Crippen LogP contribution >= 0.6 is 11.8 Å². The Morgan fingerprint density at radius 2 is 1.59 bits per heavy atom. The van der Waals surface area contributed by atoms with Crippen LogP contribution in [0.2, 0.25) is 16.6 Å². The standard InChI is InChI=1S/C30H40N4O5SSi/c1-18(2)41(19(3)4,20(5)6)39-26-17-23(13-16-25(26)36-8)27(29(40-10)33-30(35)37-9)32-24-14-11-22(12-15-24)28-31-21(7)38-34-28/h11-20H,1-10H3/b32-27-,33-29-. The van der Waals surface area contributed by atoms with Gasteiger partial charge in [0.1, 0.15) is 16.5 Å². The average Bonchev–Trinajstić information content (AvgIpc) is 3.39. The highest BCUT2D eigenvalue weighted by molar-refractivity contribution is 8.15. The van der Waals surface area contributed by atoms with Crippen LogP contribution in [0.4, 0.5) is 10.5 Å². The molecule has 0 aliphatic heterocycles. The summed E-state index contributed by atoms with van der Waals surface area (Å²) in [6.07, 6.45) is 1.13. The molecule has 9 nitrogen and oxygen atoms in total. The molecule has 1 aromatic heterocycles. The van der Waals surface area contributed by atoms with Crippen LogP contribution in [-0.4, -0.2) is 55.8 Å². The normalized spacial score (nSPS) is 12.8. The third kappa shape index (κ3) is 7.26. The number of thioether (sulfide) groups is 1. The molecular formula is C30H40N4O5SSi. The van der Waals surface area contributed by atoms with E-state index < -0.39 is 14.4 Å². The van der Waals surface area contributed by atoms with E-state index in [1.54, 1.807) is 14.0 Å². The maximum absolute atomic E-state index is 12.2. The van der Waals surface area contributed by atoms with E-state index in [1.807, 2.05) is 48.7 Å². The van der Waals surface area contributed by atoms with E-state index in [0.717, 1.165) is 11.1 Å². The Kier molecular flexibility index (Phi) is 10.9. The highest BCUT2D eigenvalue weighted by Crippen LogP contribution is 2.45. The van der Waals surface area contributed by atoms with Crippen molar-refractivity contribution in [2.45, 2.75) is 65.1 Å². The molecule has 0 saturated heterocycles. The number of carbonyl (C=O) groups is 1. The quantitative estimate of drug-likeness (QED) is 0.131. The second-order valence-corrected chi connectivity index (χ2v) is 16.7. The summed E-state index contributed by atoms with van der Waals surface area (Å²) in [5, 5.41) is 4.39. The van der Waals surface area contributed by atoms with Gasteiger partial charge in [0.05, 0.1) is 19.9 Å². The highest BCUT2D eigenvalue weighted by atomic mass is 32.2. The Morgan fingerprint density at radius 1 is 0.951 bits per heavy atom. The molecule has 11 heteroatoms. The third-order valence-corrected chi connectivity index (χ3v) is 13.7. The lowest BCUT2D eigenvalue weighted by Gasteiger charge is -2.42. The van der Waals surface area contributed by atoms with Crippen LogP contribution in [0.3, 0.4) is 0 Å². The molecule has 1 amide bonds. The monoisotopic (exact) mass is 596 g/mol. The molecule has 0 spiro atoms. The van der Waals surface area contributed by atoms with Gasteiger partial charge in [-0.3, -0.25) is 0 Å². The Balaban J connectivity index is 2.18. The van der Waals surface area contributed by atoms with Gasteiger partial charge in [-0.15, -0.1) is 11.8 Å². The SMILES string of the molecule is COC(=O)/N=C(SC)/C(=N\c1ccc(-c2noc(C)n2)cc1)c1ccc(OC)c(O[Si](C(C)C)(C(C)C)C(C)C)c1. The van der Waals surface area contributed by atoms with Gasteiger partial charge in [-0.25, -0.2) is 9.79 Å². The van der Waals surface area contributed by atoms with Gasteiger partial charge in [0.25, 0.3) is 8.32 Å². The summed E-state index contributed by atoms with van der Waals surface area (Å²) in [6, 6.07) is 13.1. The zero-order valence-corrected chi connectivity index (χ0v) is 27.3. The van der Waals surface area contributed by atoms with Crippen LogP contribution in [0.25, 0.3) is 11.4 Å². The van der Waals surface area contributed by atoms with Crippen molar-refractivity contribution in [2.24, 2.45) is 9.98 Å². The largest absolute Gasteiger partial charge is 0.540 e. The molecule has 0 bridgehead atoms. The number of aliphatic imine (C=N–C) groups is 2. The van der Waals surface area contributed by atoms with Crippen LogP contribution in [0, 0.1) is 6.92 Å².